The molecule has 0 fully saturated rings. The van der Waals surface area contributed by atoms with Crippen LogP contribution < -0.4 is 5.32 Å². The molecule has 0 saturated heterocycles. The lowest BCUT2D eigenvalue weighted by Crippen LogP contribution is -2.23. The Bertz CT molecular complexity index is 634. The van der Waals surface area contributed by atoms with Crippen molar-refractivity contribution in [2.24, 2.45) is 0 Å². The van der Waals surface area contributed by atoms with Crippen LogP contribution in [0, 0.1) is 11.6 Å². The average molecular weight is 375 g/mol. The fourth-order valence-electron chi connectivity index (χ4n) is 2.22. The van der Waals surface area contributed by atoms with Crippen LogP contribution in [0.15, 0.2) is 40.9 Å². The summed E-state index contributed by atoms with van der Waals surface area (Å²) < 4.78 is 27.3. The molecule has 0 spiro atoms. The van der Waals surface area contributed by atoms with Gasteiger partial charge in [-0.15, -0.1) is 0 Å². The Morgan fingerprint density at radius 1 is 1.14 bits per heavy atom. The second-order valence-corrected chi connectivity index (χ2v) is 6.02. The van der Waals surface area contributed by atoms with Crippen LogP contribution in [-0.2, 0) is 6.42 Å². The fraction of sp³-hybridized carbons (Fsp3) is 0.250. The van der Waals surface area contributed by atoms with Crippen LogP contribution in [-0.4, -0.2) is 6.54 Å². The van der Waals surface area contributed by atoms with E-state index in [0.29, 0.717) is 11.4 Å². The molecule has 0 amide bonds. The highest BCUT2D eigenvalue weighted by Gasteiger charge is 2.16. The average Bonchev–Trinajstić information content (AvgIpc) is 2.45. The summed E-state index contributed by atoms with van der Waals surface area (Å²) in [6, 6.07) is 9.51. The van der Waals surface area contributed by atoms with Gasteiger partial charge in [0.1, 0.15) is 0 Å². The molecule has 5 heteroatoms. The van der Waals surface area contributed by atoms with Crippen molar-refractivity contribution in [2.75, 3.05) is 6.54 Å². The summed E-state index contributed by atoms with van der Waals surface area (Å²) in [6.45, 7) is 2.75. The second-order valence-electron chi connectivity index (χ2n) is 4.73. The number of hydrogen-bond donors (Lipinski definition) is 1. The van der Waals surface area contributed by atoms with Gasteiger partial charge in [-0.1, -0.05) is 40.5 Å². The molecule has 0 saturated carbocycles. The first-order chi connectivity index (χ1) is 10.0. The van der Waals surface area contributed by atoms with Crippen LogP contribution in [0.4, 0.5) is 8.78 Å². The van der Waals surface area contributed by atoms with Crippen molar-refractivity contribution in [3.05, 3.63) is 68.7 Å². The lowest BCUT2D eigenvalue weighted by molar-refractivity contribution is 0.502. The molecule has 1 N–H and O–H groups in total. The molecule has 0 bridgehead atoms. The van der Waals surface area contributed by atoms with Crippen molar-refractivity contribution in [2.45, 2.75) is 19.4 Å². The van der Waals surface area contributed by atoms with Crippen molar-refractivity contribution >= 4 is 27.5 Å². The highest BCUT2D eigenvalue weighted by atomic mass is 79.9. The van der Waals surface area contributed by atoms with E-state index in [-0.39, 0.29) is 6.04 Å². The molecule has 1 unspecified atom stereocenters. The van der Waals surface area contributed by atoms with Crippen LogP contribution in [0.5, 0.6) is 0 Å². The summed E-state index contributed by atoms with van der Waals surface area (Å²) in [5.41, 5.74) is 1.72. The highest BCUT2D eigenvalue weighted by Crippen LogP contribution is 2.29. The Labute approximate surface area is 136 Å². The van der Waals surface area contributed by atoms with E-state index in [4.69, 9.17) is 11.6 Å². The molecule has 0 aromatic heterocycles. The maximum atomic E-state index is 13.3. The number of hydrogen-bond acceptors (Lipinski definition) is 1. The number of nitrogens with one attached hydrogen (secondary N) is 1. The van der Waals surface area contributed by atoms with Gasteiger partial charge in [-0.3, -0.25) is 0 Å². The number of halogens is 4. The monoisotopic (exact) mass is 373 g/mol. The zero-order valence-corrected chi connectivity index (χ0v) is 13.8. The summed E-state index contributed by atoms with van der Waals surface area (Å²) in [5, 5.41) is 3.98. The second kappa shape index (κ2) is 7.34. The van der Waals surface area contributed by atoms with Crippen LogP contribution >= 0.6 is 27.5 Å². The van der Waals surface area contributed by atoms with Gasteiger partial charge < -0.3 is 5.32 Å². The van der Waals surface area contributed by atoms with Crippen molar-refractivity contribution in [1.82, 2.24) is 5.32 Å². The van der Waals surface area contributed by atoms with Crippen molar-refractivity contribution in [3.8, 4) is 0 Å². The van der Waals surface area contributed by atoms with Crippen LogP contribution in [0.1, 0.15) is 24.1 Å². The Kier molecular flexibility index (Phi) is 5.73. The van der Waals surface area contributed by atoms with E-state index in [2.05, 4.69) is 21.2 Å². The molecular weight excluding hydrogens is 360 g/mol. The maximum absolute atomic E-state index is 13.3. The lowest BCUT2D eigenvalue weighted by Gasteiger charge is -2.20. The van der Waals surface area contributed by atoms with E-state index >= 15 is 0 Å². The summed E-state index contributed by atoms with van der Waals surface area (Å²) in [6.07, 6.45) is 0.546. The maximum Gasteiger partial charge on any atom is 0.159 e. The highest BCUT2D eigenvalue weighted by molar-refractivity contribution is 9.10. The van der Waals surface area contributed by atoms with Gasteiger partial charge in [-0.25, -0.2) is 8.78 Å². The molecule has 0 aliphatic rings. The van der Waals surface area contributed by atoms with E-state index in [0.717, 1.165) is 28.2 Å². The first-order valence-corrected chi connectivity index (χ1v) is 7.80. The zero-order chi connectivity index (χ0) is 15.4. The Morgan fingerprint density at radius 3 is 2.57 bits per heavy atom. The number of benzene rings is 2. The summed E-state index contributed by atoms with van der Waals surface area (Å²) in [5.74, 6) is -1.66. The molecule has 21 heavy (non-hydrogen) atoms. The molecule has 0 aliphatic carbocycles. The van der Waals surface area contributed by atoms with Gasteiger partial charge in [0, 0.05) is 15.5 Å². The Hall–Kier alpha value is -0.970. The standard InChI is InChI=1S/C16H15BrClF2N/c1-2-21-16(12-9-11(18)4-5-13(12)17)8-10-3-6-14(19)15(20)7-10/h3-7,9,16,21H,2,8H2,1H3. The van der Waals surface area contributed by atoms with Gasteiger partial charge in [0.15, 0.2) is 11.6 Å². The van der Waals surface area contributed by atoms with Gasteiger partial charge in [-0.2, -0.15) is 0 Å². The van der Waals surface area contributed by atoms with Crippen LogP contribution in [0.3, 0.4) is 0 Å². The molecule has 2 aromatic carbocycles. The third-order valence-corrected chi connectivity index (χ3v) is 4.17. The van der Waals surface area contributed by atoms with Crippen LogP contribution in [0.25, 0.3) is 0 Å². The van der Waals surface area contributed by atoms with E-state index in [1.54, 1.807) is 12.1 Å². The lowest BCUT2D eigenvalue weighted by atomic mass is 9.98. The minimum absolute atomic E-state index is 0.0343. The molecule has 1 atom stereocenters. The minimum Gasteiger partial charge on any atom is -0.310 e. The molecule has 2 aromatic rings. The molecular formula is C16H15BrClF2N. The molecule has 0 heterocycles. The van der Waals surface area contributed by atoms with Gasteiger partial charge in [0.2, 0.25) is 0 Å². The topological polar surface area (TPSA) is 12.0 Å². The summed E-state index contributed by atoms with van der Waals surface area (Å²) >= 11 is 9.56. The SMILES string of the molecule is CCNC(Cc1ccc(F)c(F)c1)c1cc(Cl)ccc1Br. The normalized spacial score (nSPS) is 12.4. The van der Waals surface area contributed by atoms with Crippen molar-refractivity contribution in [1.29, 1.82) is 0 Å². The first-order valence-electron chi connectivity index (χ1n) is 6.63. The van der Waals surface area contributed by atoms with Crippen molar-refractivity contribution < 1.29 is 8.78 Å². The summed E-state index contributed by atoms with van der Waals surface area (Å²) in [4.78, 5) is 0. The predicted molar refractivity (Wildman–Crippen MR) is 85.6 cm³/mol. The molecule has 112 valence electrons. The quantitative estimate of drug-likeness (QED) is 0.751. The third-order valence-electron chi connectivity index (χ3n) is 3.21. The fourth-order valence-corrected chi connectivity index (χ4v) is 2.93. The third kappa shape index (κ3) is 4.25. The molecule has 2 rings (SSSR count). The Morgan fingerprint density at radius 2 is 1.90 bits per heavy atom. The van der Waals surface area contributed by atoms with Gasteiger partial charge in [-0.05, 0) is 54.4 Å². The van der Waals surface area contributed by atoms with Gasteiger partial charge in [0.25, 0.3) is 0 Å². The van der Waals surface area contributed by atoms with Gasteiger partial charge in [0.05, 0.1) is 0 Å². The molecule has 0 aliphatic heterocycles. The van der Waals surface area contributed by atoms with E-state index in [1.807, 2.05) is 19.1 Å². The Balaban J connectivity index is 2.30. The number of likely N-dealkylation sites (N-methyl/N-ethyl adjacent to an activating group) is 1. The number of rotatable bonds is 5. The van der Waals surface area contributed by atoms with E-state index in [9.17, 15) is 8.78 Å². The van der Waals surface area contributed by atoms with E-state index in [1.165, 1.54) is 6.07 Å². The predicted octanol–water partition coefficient (Wildman–Crippen LogP) is 5.27. The van der Waals surface area contributed by atoms with E-state index < -0.39 is 11.6 Å². The summed E-state index contributed by atoms with van der Waals surface area (Å²) in [7, 11) is 0. The smallest absolute Gasteiger partial charge is 0.159 e. The first kappa shape index (κ1) is 16.4. The minimum atomic E-state index is -0.831. The molecule has 0 radical (unpaired) electrons. The zero-order valence-electron chi connectivity index (χ0n) is 11.5. The molecule has 1 nitrogen and oxygen atoms in total. The largest absolute Gasteiger partial charge is 0.310 e. The van der Waals surface area contributed by atoms with Crippen LogP contribution in [0.2, 0.25) is 5.02 Å². The van der Waals surface area contributed by atoms with Gasteiger partial charge >= 0.3 is 0 Å². The van der Waals surface area contributed by atoms with Crippen molar-refractivity contribution in [3.63, 3.8) is 0 Å².